The summed E-state index contributed by atoms with van der Waals surface area (Å²) < 4.78 is 0. The monoisotopic (exact) mass is 481 g/mol. The Hall–Kier alpha value is -2.83. The van der Waals surface area contributed by atoms with Gasteiger partial charge in [-0.3, -0.25) is 4.79 Å². The van der Waals surface area contributed by atoms with Gasteiger partial charge in [0.1, 0.15) is 11.6 Å². The lowest BCUT2D eigenvalue weighted by atomic mass is 9.78. The van der Waals surface area contributed by atoms with Crippen molar-refractivity contribution in [3.8, 4) is 5.75 Å². The molecule has 0 atom stereocenters. The highest BCUT2D eigenvalue weighted by Crippen LogP contribution is 2.39. The molecule has 1 aliphatic rings. The molecule has 1 fully saturated rings. The Morgan fingerprint density at radius 1 is 1.00 bits per heavy atom. The summed E-state index contributed by atoms with van der Waals surface area (Å²) in [5.74, 6) is 1.91. The maximum Gasteiger partial charge on any atom is 0.224 e. The number of nitrogens with zero attached hydrogens (tertiary/aromatic N) is 3. The van der Waals surface area contributed by atoms with E-state index < -0.39 is 0 Å². The van der Waals surface area contributed by atoms with Crippen molar-refractivity contribution in [3.05, 3.63) is 41.1 Å². The SMILES string of the molecule is CN(C)c1ccnc(N[C@H]2CC[C@@H](NC(=O)Cc3cc(C(C)(C)C)c(O)c(C(C)(C)C)c3)CC2)n1. The fraction of sp³-hybridized carbons (Fsp3) is 0.607. The third-order valence-electron chi connectivity index (χ3n) is 6.68. The first-order valence-electron chi connectivity index (χ1n) is 12.7. The van der Waals surface area contributed by atoms with Crippen molar-refractivity contribution in [3.63, 3.8) is 0 Å². The molecule has 1 amide bonds. The van der Waals surface area contributed by atoms with Crippen LogP contribution in [0.2, 0.25) is 0 Å². The number of aromatic hydroxyl groups is 1. The van der Waals surface area contributed by atoms with E-state index in [1.165, 1.54) is 0 Å². The summed E-state index contributed by atoms with van der Waals surface area (Å²) in [4.78, 5) is 23.8. The molecule has 0 saturated heterocycles. The van der Waals surface area contributed by atoms with Crippen LogP contribution in [0.5, 0.6) is 5.75 Å². The molecule has 7 nitrogen and oxygen atoms in total. The largest absolute Gasteiger partial charge is 0.507 e. The summed E-state index contributed by atoms with van der Waals surface area (Å²) >= 11 is 0. The molecule has 0 aliphatic heterocycles. The molecule has 1 aliphatic carbocycles. The van der Waals surface area contributed by atoms with Crippen LogP contribution >= 0.6 is 0 Å². The second-order valence-corrected chi connectivity index (χ2v) is 12.1. The molecule has 3 rings (SSSR count). The van der Waals surface area contributed by atoms with Gasteiger partial charge in [0, 0.05) is 32.4 Å². The van der Waals surface area contributed by atoms with Gasteiger partial charge in [-0.05, 0) is 59.3 Å². The number of hydrogen-bond acceptors (Lipinski definition) is 6. The van der Waals surface area contributed by atoms with E-state index in [1.54, 1.807) is 6.20 Å². The van der Waals surface area contributed by atoms with E-state index in [0.717, 1.165) is 48.2 Å². The summed E-state index contributed by atoms with van der Waals surface area (Å²) in [6.07, 6.45) is 5.86. The van der Waals surface area contributed by atoms with Gasteiger partial charge in [-0.15, -0.1) is 0 Å². The van der Waals surface area contributed by atoms with Crippen molar-refractivity contribution in [1.82, 2.24) is 15.3 Å². The van der Waals surface area contributed by atoms with E-state index in [-0.39, 0.29) is 22.8 Å². The zero-order valence-electron chi connectivity index (χ0n) is 22.7. The van der Waals surface area contributed by atoms with E-state index in [4.69, 9.17) is 0 Å². The van der Waals surface area contributed by atoms with Gasteiger partial charge < -0.3 is 20.6 Å². The molecule has 1 aromatic carbocycles. The average Bonchev–Trinajstić information content (AvgIpc) is 2.75. The Balaban J connectivity index is 1.59. The molecule has 3 N–H and O–H groups in total. The molecular formula is C28H43N5O2. The highest BCUT2D eigenvalue weighted by atomic mass is 16.3. The van der Waals surface area contributed by atoms with Crippen LogP contribution in [0.15, 0.2) is 24.4 Å². The van der Waals surface area contributed by atoms with Gasteiger partial charge in [0.25, 0.3) is 0 Å². The number of carbonyl (C=O) groups is 1. The molecule has 1 aromatic heterocycles. The molecule has 1 saturated carbocycles. The molecule has 2 aromatic rings. The predicted molar refractivity (Wildman–Crippen MR) is 143 cm³/mol. The van der Waals surface area contributed by atoms with E-state index in [2.05, 4.69) is 62.1 Å². The highest BCUT2D eigenvalue weighted by Gasteiger charge is 2.28. The van der Waals surface area contributed by atoms with Crippen LogP contribution in [0.4, 0.5) is 11.8 Å². The normalized spacial score (nSPS) is 18.7. The van der Waals surface area contributed by atoms with Crippen LogP contribution in [0.3, 0.4) is 0 Å². The zero-order valence-corrected chi connectivity index (χ0v) is 22.7. The van der Waals surface area contributed by atoms with Gasteiger partial charge in [0.15, 0.2) is 0 Å². The maximum atomic E-state index is 12.9. The van der Waals surface area contributed by atoms with Crippen molar-refractivity contribution < 1.29 is 9.90 Å². The van der Waals surface area contributed by atoms with Gasteiger partial charge in [-0.2, -0.15) is 4.98 Å². The van der Waals surface area contributed by atoms with E-state index >= 15 is 0 Å². The summed E-state index contributed by atoms with van der Waals surface area (Å²) in [6, 6.07) is 6.36. The maximum absolute atomic E-state index is 12.9. The summed E-state index contributed by atoms with van der Waals surface area (Å²) in [7, 11) is 3.93. The first kappa shape index (κ1) is 26.8. The van der Waals surface area contributed by atoms with Crippen molar-refractivity contribution in [1.29, 1.82) is 0 Å². The van der Waals surface area contributed by atoms with Crippen molar-refractivity contribution in [2.45, 2.75) is 96.6 Å². The third-order valence-corrected chi connectivity index (χ3v) is 6.68. The first-order chi connectivity index (χ1) is 16.2. The Morgan fingerprint density at radius 3 is 2.06 bits per heavy atom. The van der Waals surface area contributed by atoms with E-state index in [9.17, 15) is 9.90 Å². The molecule has 192 valence electrons. The van der Waals surface area contributed by atoms with Crippen molar-refractivity contribution in [2.75, 3.05) is 24.3 Å². The Kier molecular flexibility index (Phi) is 7.97. The van der Waals surface area contributed by atoms with Crippen LogP contribution in [-0.2, 0) is 22.0 Å². The van der Waals surface area contributed by atoms with Crippen molar-refractivity contribution in [2.24, 2.45) is 0 Å². The van der Waals surface area contributed by atoms with Crippen LogP contribution < -0.4 is 15.5 Å². The second-order valence-electron chi connectivity index (χ2n) is 12.1. The molecule has 7 heteroatoms. The van der Waals surface area contributed by atoms with Crippen LogP contribution in [0.25, 0.3) is 0 Å². The number of phenolic OH excluding ortho intramolecular Hbond substituents is 1. The second kappa shape index (κ2) is 10.4. The van der Waals surface area contributed by atoms with Crippen molar-refractivity contribution >= 4 is 17.7 Å². The summed E-state index contributed by atoms with van der Waals surface area (Å²) in [5.41, 5.74) is 2.30. The molecule has 0 unspecified atom stereocenters. The Bertz CT molecular complexity index is 993. The van der Waals surface area contributed by atoms with Gasteiger partial charge in [0.05, 0.1) is 6.42 Å². The lowest BCUT2D eigenvalue weighted by Gasteiger charge is -2.30. The number of nitrogens with one attached hydrogen (secondary N) is 2. The molecule has 1 heterocycles. The number of hydrogen-bond donors (Lipinski definition) is 3. The molecule has 35 heavy (non-hydrogen) atoms. The third kappa shape index (κ3) is 7.09. The lowest BCUT2D eigenvalue weighted by Crippen LogP contribution is -2.41. The van der Waals surface area contributed by atoms with Gasteiger partial charge >= 0.3 is 0 Å². The van der Waals surface area contributed by atoms with Crippen LogP contribution in [-0.4, -0.2) is 47.2 Å². The van der Waals surface area contributed by atoms with E-state index in [0.29, 0.717) is 24.2 Å². The smallest absolute Gasteiger partial charge is 0.224 e. The summed E-state index contributed by atoms with van der Waals surface area (Å²) in [5, 5.41) is 17.6. The zero-order chi connectivity index (χ0) is 26.0. The number of carbonyl (C=O) groups excluding carboxylic acids is 1. The van der Waals surface area contributed by atoms with Gasteiger partial charge in [-0.1, -0.05) is 53.7 Å². The Labute approximate surface area is 210 Å². The fourth-order valence-electron chi connectivity index (χ4n) is 4.64. The topological polar surface area (TPSA) is 90.4 Å². The number of rotatable bonds is 6. The standard InChI is InChI=1S/C28H43N5O2/c1-27(2,3)21-15-18(16-22(25(21)35)28(4,5)6)17-24(34)30-19-9-11-20(12-10-19)31-26-29-14-13-23(32-26)33(7)8/h13-16,19-20,35H,9-12,17H2,1-8H3,(H,30,34)(H,29,31,32)/t19-,20+. The highest BCUT2D eigenvalue weighted by molar-refractivity contribution is 5.79. The molecular weight excluding hydrogens is 438 g/mol. The number of phenols is 1. The fourth-order valence-corrected chi connectivity index (χ4v) is 4.64. The van der Waals surface area contributed by atoms with Crippen LogP contribution in [0.1, 0.15) is 83.9 Å². The molecule has 0 spiro atoms. The number of anilines is 2. The summed E-state index contributed by atoms with van der Waals surface area (Å²) in [6.45, 7) is 12.5. The van der Waals surface area contributed by atoms with Gasteiger partial charge in [0.2, 0.25) is 11.9 Å². The number of aromatic nitrogens is 2. The molecule has 0 radical (unpaired) electrons. The first-order valence-corrected chi connectivity index (χ1v) is 12.7. The Morgan fingerprint density at radius 2 is 1.54 bits per heavy atom. The minimum Gasteiger partial charge on any atom is -0.507 e. The average molecular weight is 482 g/mol. The minimum atomic E-state index is -0.211. The van der Waals surface area contributed by atoms with Gasteiger partial charge in [-0.25, -0.2) is 4.98 Å². The van der Waals surface area contributed by atoms with E-state index in [1.807, 2.05) is 37.2 Å². The van der Waals surface area contributed by atoms with Crippen LogP contribution in [0, 0.1) is 0 Å². The minimum absolute atomic E-state index is 0.0360. The predicted octanol–water partition coefficient (Wildman–Crippen LogP) is 4.93. The molecule has 0 bridgehead atoms. The number of benzene rings is 1. The lowest BCUT2D eigenvalue weighted by molar-refractivity contribution is -0.121. The quantitative estimate of drug-likeness (QED) is 0.542. The number of amides is 1.